The standard InChI is InChI=1S/C24H20N2O5/c25-24(29)30-16-9-10-17-18(14-21(27)20-8-4-5-11-26-20)19(23(28)31-22(17)13-16)12-15-6-2-1-3-7-15/h1-11,13,21,27H,12,14H2,(H2,25,29). The lowest BCUT2D eigenvalue weighted by molar-refractivity contribution is 0.173. The molecule has 1 unspecified atom stereocenters. The number of nitrogens with two attached hydrogens (primary N) is 1. The summed E-state index contributed by atoms with van der Waals surface area (Å²) in [6.45, 7) is 0. The van der Waals surface area contributed by atoms with E-state index in [9.17, 15) is 14.7 Å². The topological polar surface area (TPSA) is 116 Å². The Morgan fingerprint density at radius 3 is 2.55 bits per heavy atom. The zero-order chi connectivity index (χ0) is 21.8. The van der Waals surface area contributed by atoms with Crippen molar-refractivity contribution in [2.24, 2.45) is 5.73 Å². The van der Waals surface area contributed by atoms with Crippen LogP contribution >= 0.6 is 0 Å². The summed E-state index contributed by atoms with van der Waals surface area (Å²) in [7, 11) is 0. The van der Waals surface area contributed by atoms with Gasteiger partial charge < -0.3 is 20.0 Å². The Morgan fingerprint density at radius 2 is 1.84 bits per heavy atom. The zero-order valence-electron chi connectivity index (χ0n) is 16.5. The molecule has 156 valence electrons. The van der Waals surface area contributed by atoms with Crippen LogP contribution in [-0.2, 0) is 12.8 Å². The van der Waals surface area contributed by atoms with E-state index in [4.69, 9.17) is 14.9 Å². The second-order valence-corrected chi connectivity index (χ2v) is 7.06. The van der Waals surface area contributed by atoms with Crippen LogP contribution in [0.5, 0.6) is 5.75 Å². The van der Waals surface area contributed by atoms with Gasteiger partial charge in [0.2, 0.25) is 0 Å². The highest BCUT2D eigenvalue weighted by Crippen LogP contribution is 2.29. The number of hydrogen-bond acceptors (Lipinski definition) is 6. The first-order valence-corrected chi connectivity index (χ1v) is 9.70. The van der Waals surface area contributed by atoms with Gasteiger partial charge in [0.25, 0.3) is 0 Å². The number of aliphatic hydroxyl groups excluding tert-OH is 1. The van der Waals surface area contributed by atoms with Crippen LogP contribution < -0.4 is 16.1 Å². The fraction of sp³-hybridized carbons (Fsp3) is 0.125. The quantitative estimate of drug-likeness (QED) is 0.465. The van der Waals surface area contributed by atoms with Gasteiger partial charge >= 0.3 is 11.7 Å². The minimum atomic E-state index is -0.965. The maximum Gasteiger partial charge on any atom is 0.409 e. The van der Waals surface area contributed by atoms with Crippen molar-refractivity contribution in [2.75, 3.05) is 0 Å². The molecule has 1 amide bonds. The van der Waals surface area contributed by atoms with E-state index in [1.165, 1.54) is 6.07 Å². The summed E-state index contributed by atoms with van der Waals surface area (Å²) in [6.07, 6.45) is 0.240. The average molecular weight is 416 g/mol. The van der Waals surface area contributed by atoms with Crippen LogP contribution in [0.1, 0.15) is 28.5 Å². The molecule has 2 aromatic carbocycles. The van der Waals surface area contributed by atoms with E-state index >= 15 is 0 Å². The summed E-state index contributed by atoms with van der Waals surface area (Å²) in [5.41, 5.74) is 7.35. The summed E-state index contributed by atoms with van der Waals surface area (Å²) in [6, 6.07) is 19.5. The molecule has 0 bridgehead atoms. The molecule has 4 rings (SSSR count). The lowest BCUT2D eigenvalue weighted by atomic mass is 9.93. The Labute approximate surface area is 177 Å². The smallest absolute Gasteiger partial charge is 0.409 e. The van der Waals surface area contributed by atoms with Gasteiger partial charge in [-0.15, -0.1) is 0 Å². The molecule has 1 atom stereocenters. The second kappa shape index (κ2) is 8.81. The lowest BCUT2D eigenvalue weighted by Gasteiger charge is -2.16. The van der Waals surface area contributed by atoms with Crippen LogP contribution in [0, 0.1) is 0 Å². The lowest BCUT2D eigenvalue weighted by Crippen LogP contribution is -2.17. The third kappa shape index (κ3) is 4.62. The number of carbonyl (C=O) groups excluding carboxylic acids is 1. The molecule has 0 radical (unpaired) electrons. The van der Waals surface area contributed by atoms with Crippen LogP contribution in [-0.4, -0.2) is 16.2 Å². The summed E-state index contributed by atoms with van der Waals surface area (Å²) < 4.78 is 10.4. The highest BCUT2D eigenvalue weighted by molar-refractivity contribution is 5.83. The number of primary amides is 1. The Hall–Kier alpha value is -3.97. The van der Waals surface area contributed by atoms with Crippen molar-refractivity contribution < 1.29 is 19.1 Å². The number of pyridine rings is 1. The van der Waals surface area contributed by atoms with Gasteiger partial charge in [0.05, 0.1) is 11.8 Å². The van der Waals surface area contributed by atoms with Gasteiger partial charge in [-0.25, -0.2) is 9.59 Å². The SMILES string of the molecule is NC(=O)Oc1ccc2c(CC(O)c3ccccn3)c(Cc3ccccc3)c(=O)oc2c1. The molecule has 0 aliphatic carbocycles. The third-order valence-corrected chi connectivity index (χ3v) is 4.96. The molecule has 2 heterocycles. The molecule has 7 nitrogen and oxygen atoms in total. The average Bonchev–Trinajstić information content (AvgIpc) is 2.77. The summed E-state index contributed by atoms with van der Waals surface area (Å²) in [4.78, 5) is 28.2. The molecule has 2 aromatic heterocycles. The monoisotopic (exact) mass is 416 g/mol. The number of carbonyl (C=O) groups is 1. The summed E-state index contributed by atoms with van der Waals surface area (Å²) in [5, 5.41) is 11.4. The van der Waals surface area contributed by atoms with E-state index in [2.05, 4.69) is 4.98 Å². The van der Waals surface area contributed by atoms with E-state index in [-0.39, 0.29) is 17.8 Å². The van der Waals surface area contributed by atoms with Gasteiger partial charge in [-0.1, -0.05) is 36.4 Å². The molecule has 7 heteroatoms. The minimum absolute atomic E-state index is 0.162. The van der Waals surface area contributed by atoms with Gasteiger partial charge in [-0.3, -0.25) is 4.98 Å². The molecule has 0 saturated heterocycles. The largest absolute Gasteiger partial charge is 0.422 e. The number of nitrogens with zero attached hydrogens (tertiary/aromatic N) is 1. The number of amides is 1. The van der Waals surface area contributed by atoms with Gasteiger partial charge in [-0.05, 0) is 35.4 Å². The van der Waals surface area contributed by atoms with Crippen molar-refractivity contribution in [3.05, 3.63) is 106 Å². The molecule has 31 heavy (non-hydrogen) atoms. The Morgan fingerprint density at radius 1 is 1.06 bits per heavy atom. The number of aromatic nitrogens is 1. The van der Waals surface area contributed by atoms with Crippen molar-refractivity contribution in [3.8, 4) is 5.75 Å². The van der Waals surface area contributed by atoms with E-state index in [1.807, 2.05) is 30.3 Å². The van der Waals surface area contributed by atoms with E-state index in [1.54, 1.807) is 36.5 Å². The molecule has 3 N–H and O–H groups in total. The number of rotatable bonds is 6. The Kier molecular flexibility index (Phi) is 5.77. The molecule has 0 aliphatic heterocycles. The van der Waals surface area contributed by atoms with E-state index in [0.29, 0.717) is 28.6 Å². The van der Waals surface area contributed by atoms with Crippen LogP contribution in [0.4, 0.5) is 4.79 Å². The van der Waals surface area contributed by atoms with Crippen molar-refractivity contribution >= 4 is 17.1 Å². The van der Waals surface area contributed by atoms with Crippen molar-refractivity contribution in [2.45, 2.75) is 18.9 Å². The second-order valence-electron chi connectivity index (χ2n) is 7.06. The first-order valence-electron chi connectivity index (χ1n) is 9.70. The number of aliphatic hydroxyl groups is 1. The molecule has 0 fully saturated rings. The van der Waals surface area contributed by atoms with Crippen LogP contribution in [0.3, 0.4) is 0 Å². The summed E-state index contributed by atoms with van der Waals surface area (Å²) >= 11 is 0. The maximum atomic E-state index is 12.9. The van der Waals surface area contributed by atoms with Crippen LogP contribution in [0.2, 0.25) is 0 Å². The van der Waals surface area contributed by atoms with Gasteiger partial charge in [-0.2, -0.15) is 0 Å². The molecule has 4 aromatic rings. The Balaban J connectivity index is 1.83. The molecule has 0 aliphatic rings. The number of fused-ring (bicyclic) bond motifs is 1. The van der Waals surface area contributed by atoms with Gasteiger partial charge in [0, 0.05) is 36.1 Å². The zero-order valence-corrected chi connectivity index (χ0v) is 16.5. The Bertz CT molecular complexity index is 1270. The minimum Gasteiger partial charge on any atom is -0.422 e. The fourth-order valence-electron chi connectivity index (χ4n) is 3.55. The fourth-order valence-corrected chi connectivity index (χ4v) is 3.55. The highest BCUT2D eigenvalue weighted by atomic mass is 16.5. The molecule has 0 spiro atoms. The highest BCUT2D eigenvalue weighted by Gasteiger charge is 2.20. The van der Waals surface area contributed by atoms with E-state index in [0.717, 1.165) is 5.56 Å². The first kappa shape index (κ1) is 20.3. The molecular weight excluding hydrogens is 396 g/mol. The number of benzene rings is 2. The predicted octanol–water partition coefficient (Wildman–Crippen LogP) is 3.51. The molecule has 0 saturated carbocycles. The van der Waals surface area contributed by atoms with Crippen molar-refractivity contribution in [3.63, 3.8) is 0 Å². The predicted molar refractivity (Wildman–Crippen MR) is 115 cm³/mol. The van der Waals surface area contributed by atoms with E-state index < -0.39 is 17.8 Å². The maximum absolute atomic E-state index is 12.9. The van der Waals surface area contributed by atoms with Gasteiger partial charge in [0.1, 0.15) is 11.3 Å². The third-order valence-electron chi connectivity index (χ3n) is 4.96. The molecular formula is C24H20N2O5. The van der Waals surface area contributed by atoms with Crippen molar-refractivity contribution in [1.82, 2.24) is 4.98 Å². The van der Waals surface area contributed by atoms with Gasteiger partial charge in [0.15, 0.2) is 0 Å². The normalized spacial score (nSPS) is 11.9. The van der Waals surface area contributed by atoms with Crippen LogP contribution in [0.15, 0.2) is 82.1 Å². The number of ether oxygens (including phenoxy) is 1. The number of hydrogen-bond donors (Lipinski definition) is 2. The summed E-state index contributed by atoms with van der Waals surface area (Å²) in [5.74, 6) is 0.162. The van der Waals surface area contributed by atoms with Crippen molar-refractivity contribution in [1.29, 1.82) is 0 Å². The first-order chi connectivity index (χ1) is 15.0. The van der Waals surface area contributed by atoms with Crippen LogP contribution in [0.25, 0.3) is 11.0 Å².